The van der Waals surface area contributed by atoms with E-state index in [1.807, 2.05) is 13.0 Å². The number of rotatable bonds is 9. The average Bonchev–Trinajstić information content (AvgIpc) is 3.08. The van der Waals surface area contributed by atoms with Crippen molar-refractivity contribution in [3.8, 4) is 0 Å². The van der Waals surface area contributed by atoms with Crippen LogP contribution in [0.15, 0.2) is 46.3 Å². The topological polar surface area (TPSA) is 100 Å². The summed E-state index contributed by atoms with van der Waals surface area (Å²) < 4.78 is 5.51. The third-order valence-electron chi connectivity index (χ3n) is 4.49. The number of nitrogens with one attached hydrogen (secondary N) is 1. The van der Waals surface area contributed by atoms with Crippen molar-refractivity contribution in [2.75, 3.05) is 12.4 Å². The Morgan fingerprint density at radius 2 is 2.32 bits per heavy atom. The number of carbonyl (C=O) groups excluding carboxylic acids is 2. The minimum atomic E-state index is -0.949. The van der Waals surface area contributed by atoms with Crippen LogP contribution in [0.3, 0.4) is 0 Å². The largest absolute Gasteiger partial charge is 0.489 e. The Kier molecular flexibility index (Phi) is 7.62. The lowest BCUT2D eigenvalue weighted by atomic mass is 9.92. The van der Waals surface area contributed by atoms with Crippen LogP contribution in [0.1, 0.15) is 40.0 Å². The first-order valence-corrected chi connectivity index (χ1v) is 10.2. The maximum Gasteiger partial charge on any atom is 0.249 e. The van der Waals surface area contributed by atoms with Gasteiger partial charge in [-0.3, -0.25) is 14.6 Å². The summed E-state index contributed by atoms with van der Waals surface area (Å²) in [6, 6.07) is -0.272. The van der Waals surface area contributed by atoms with Gasteiger partial charge in [-0.25, -0.2) is 0 Å². The van der Waals surface area contributed by atoms with E-state index in [1.54, 1.807) is 19.9 Å². The van der Waals surface area contributed by atoms with Crippen molar-refractivity contribution < 1.29 is 19.5 Å². The number of amides is 1. The molecule has 0 aromatic rings. The smallest absolute Gasteiger partial charge is 0.249 e. The second kappa shape index (κ2) is 9.73. The molecule has 1 amide bonds. The standard InChI is InChI=1S/C20H27N3O4S/c1-5-7-17(14-9-15(24)11-16(10-14)27-8-6-2)21-19(25)20(4)12-28-18(22-20)13(3)23-26/h6,10-11,17,26H,2,5,7-9,12H2,1,3-4H3,(H,21,25)/b23-13+/t17-,20+/m1/s1. The molecule has 152 valence electrons. The second-order valence-electron chi connectivity index (χ2n) is 6.99. The maximum atomic E-state index is 13.0. The van der Waals surface area contributed by atoms with Crippen LogP contribution in [0.25, 0.3) is 0 Å². The summed E-state index contributed by atoms with van der Waals surface area (Å²) in [6.45, 7) is 9.35. The van der Waals surface area contributed by atoms with Gasteiger partial charge in [0.05, 0.1) is 6.04 Å². The summed E-state index contributed by atoms with van der Waals surface area (Å²) in [5.74, 6) is 0.686. The molecule has 0 aromatic heterocycles. The van der Waals surface area contributed by atoms with Crippen molar-refractivity contribution in [1.82, 2.24) is 5.32 Å². The average molecular weight is 406 g/mol. The van der Waals surface area contributed by atoms with Gasteiger partial charge in [-0.2, -0.15) is 0 Å². The molecule has 7 nitrogen and oxygen atoms in total. The van der Waals surface area contributed by atoms with Crippen molar-refractivity contribution >= 4 is 34.2 Å². The Morgan fingerprint density at radius 1 is 1.57 bits per heavy atom. The van der Waals surface area contributed by atoms with Gasteiger partial charge in [0.15, 0.2) is 5.78 Å². The van der Waals surface area contributed by atoms with Crippen LogP contribution in [0.4, 0.5) is 0 Å². The number of carbonyl (C=O) groups is 2. The van der Waals surface area contributed by atoms with E-state index in [-0.39, 0.29) is 24.2 Å². The maximum absolute atomic E-state index is 13.0. The van der Waals surface area contributed by atoms with Gasteiger partial charge in [-0.15, -0.1) is 11.8 Å². The van der Waals surface area contributed by atoms with Crippen molar-refractivity contribution in [3.05, 3.63) is 36.1 Å². The Balaban J connectivity index is 2.18. The fourth-order valence-corrected chi connectivity index (χ4v) is 4.07. The van der Waals surface area contributed by atoms with Crippen LogP contribution in [-0.4, -0.2) is 51.6 Å². The number of ketones is 1. The lowest BCUT2D eigenvalue weighted by Gasteiger charge is -2.27. The van der Waals surface area contributed by atoms with Crippen LogP contribution in [0.5, 0.6) is 0 Å². The summed E-state index contributed by atoms with van der Waals surface area (Å²) >= 11 is 1.39. The zero-order valence-corrected chi connectivity index (χ0v) is 17.3. The number of allylic oxidation sites excluding steroid dienone is 2. The molecule has 0 saturated heterocycles. The van der Waals surface area contributed by atoms with E-state index < -0.39 is 5.54 Å². The van der Waals surface area contributed by atoms with Crippen molar-refractivity contribution in [2.24, 2.45) is 10.1 Å². The number of hydrogen-bond acceptors (Lipinski definition) is 7. The van der Waals surface area contributed by atoms with Gasteiger partial charge in [0.25, 0.3) is 0 Å². The van der Waals surface area contributed by atoms with E-state index in [0.29, 0.717) is 35.3 Å². The third-order valence-corrected chi connectivity index (χ3v) is 5.86. The van der Waals surface area contributed by atoms with E-state index in [2.05, 4.69) is 22.0 Å². The van der Waals surface area contributed by atoms with Crippen molar-refractivity contribution in [3.63, 3.8) is 0 Å². The first-order chi connectivity index (χ1) is 13.3. The predicted molar refractivity (Wildman–Crippen MR) is 112 cm³/mol. The summed E-state index contributed by atoms with van der Waals surface area (Å²) in [7, 11) is 0. The lowest BCUT2D eigenvalue weighted by molar-refractivity contribution is -0.125. The molecule has 0 unspecified atom stereocenters. The van der Waals surface area contributed by atoms with Gasteiger partial charge in [0, 0.05) is 18.2 Å². The minimum absolute atomic E-state index is 0.0513. The second-order valence-corrected chi connectivity index (χ2v) is 7.95. The SMILES string of the molecule is C=CCOC1=CC(=O)CC([C@@H](CCC)NC(=O)[C@]2(C)CSC(/C(C)=N/O)=N2)=C1. The van der Waals surface area contributed by atoms with Crippen LogP contribution in [-0.2, 0) is 14.3 Å². The molecule has 1 aliphatic heterocycles. The van der Waals surface area contributed by atoms with Crippen LogP contribution in [0.2, 0.25) is 0 Å². The van der Waals surface area contributed by atoms with E-state index >= 15 is 0 Å². The van der Waals surface area contributed by atoms with Gasteiger partial charge >= 0.3 is 0 Å². The van der Waals surface area contributed by atoms with E-state index in [9.17, 15) is 9.59 Å². The van der Waals surface area contributed by atoms with Crippen molar-refractivity contribution in [2.45, 2.75) is 51.6 Å². The van der Waals surface area contributed by atoms with Gasteiger partial charge < -0.3 is 15.3 Å². The van der Waals surface area contributed by atoms with Crippen molar-refractivity contribution in [1.29, 1.82) is 0 Å². The molecule has 0 bridgehead atoms. The molecule has 0 fully saturated rings. The highest BCUT2D eigenvalue weighted by atomic mass is 32.2. The molecule has 0 radical (unpaired) electrons. The zero-order valence-electron chi connectivity index (χ0n) is 16.5. The molecule has 28 heavy (non-hydrogen) atoms. The molecule has 0 saturated carbocycles. The van der Waals surface area contributed by atoms with Crippen LogP contribution >= 0.6 is 11.8 Å². The quantitative estimate of drug-likeness (QED) is 0.266. The minimum Gasteiger partial charge on any atom is -0.489 e. The summed E-state index contributed by atoms with van der Waals surface area (Å²) in [4.78, 5) is 29.6. The molecule has 2 N–H and O–H groups in total. The summed E-state index contributed by atoms with van der Waals surface area (Å²) in [5.41, 5.74) is 0.268. The summed E-state index contributed by atoms with van der Waals surface area (Å²) in [6.07, 6.45) is 6.72. The molecule has 2 rings (SSSR count). The number of ether oxygens (including phenoxy) is 1. The molecule has 0 aromatic carbocycles. The Labute approximate surface area is 169 Å². The normalized spacial score (nSPS) is 23.5. The molecule has 1 heterocycles. The fraction of sp³-hybridized carbons (Fsp3) is 0.500. The molecular weight excluding hydrogens is 378 g/mol. The first kappa shape index (κ1) is 21.9. The Hall–Kier alpha value is -2.35. The molecular formula is C20H27N3O4S. The first-order valence-electron chi connectivity index (χ1n) is 9.24. The molecule has 2 atom stereocenters. The lowest BCUT2D eigenvalue weighted by Crippen LogP contribution is -2.48. The highest BCUT2D eigenvalue weighted by Crippen LogP contribution is 2.30. The third kappa shape index (κ3) is 5.34. The van der Waals surface area contributed by atoms with E-state index in [0.717, 1.165) is 12.0 Å². The van der Waals surface area contributed by atoms with Crippen LogP contribution in [0, 0.1) is 0 Å². The molecule has 1 aliphatic carbocycles. The monoisotopic (exact) mass is 405 g/mol. The van der Waals surface area contributed by atoms with E-state index in [1.165, 1.54) is 17.8 Å². The van der Waals surface area contributed by atoms with Gasteiger partial charge in [0.2, 0.25) is 5.91 Å². The zero-order chi connectivity index (χ0) is 20.7. The van der Waals surface area contributed by atoms with E-state index in [4.69, 9.17) is 9.94 Å². The van der Waals surface area contributed by atoms with Crippen LogP contribution < -0.4 is 5.32 Å². The van der Waals surface area contributed by atoms with Gasteiger partial charge in [-0.1, -0.05) is 31.2 Å². The number of thioether (sulfide) groups is 1. The summed E-state index contributed by atoms with van der Waals surface area (Å²) in [5, 5.41) is 15.7. The number of aliphatic imine (C=N–C) groups is 1. The van der Waals surface area contributed by atoms with Gasteiger partial charge in [0.1, 0.15) is 28.7 Å². The predicted octanol–water partition coefficient (Wildman–Crippen LogP) is 3.01. The highest BCUT2D eigenvalue weighted by Gasteiger charge is 2.40. The number of hydrogen-bond donors (Lipinski definition) is 2. The molecule has 8 heteroatoms. The number of nitrogens with zero attached hydrogens (tertiary/aromatic N) is 2. The Bertz CT molecular complexity index is 769. The highest BCUT2D eigenvalue weighted by molar-refractivity contribution is 8.16. The molecule has 2 aliphatic rings. The fourth-order valence-electron chi connectivity index (χ4n) is 2.94. The number of oxime groups is 1. The van der Waals surface area contributed by atoms with Gasteiger partial charge in [-0.05, 0) is 31.9 Å². The Morgan fingerprint density at radius 3 is 2.96 bits per heavy atom. The molecule has 0 spiro atoms.